The molecule has 2 rings (SSSR count). The molecule has 1 atom stereocenters. The molecule has 0 aromatic carbocycles. The molecule has 20 heavy (non-hydrogen) atoms. The van der Waals surface area contributed by atoms with E-state index in [0.717, 1.165) is 31.6 Å². The van der Waals surface area contributed by atoms with Crippen LogP contribution in [0.2, 0.25) is 5.02 Å². The van der Waals surface area contributed by atoms with E-state index in [1.165, 1.54) is 0 Å². The Hall–Kier alpha value is -0.620. The number of nitrogens with zero attached hydrogens (tertiary/aromatic N) is 2. The Kier molecular flexibility index (Phi) is 5.84. The average molecular weight is 302 g/mol. The largest absolute Gasteiger partial charge is 0.383 e. The summed E-state index contributed by atoms with van der Waals surface area (Å²) in [6.45, 7) is 4.11. The molecule has 0 aliphatic heterocycles. The van der Waals surface area contributed by atoms with E-state index in [2.05, 4.69) is 5.10 Å². The molecule has 1 aliphatic rings. The number of rotatable bonds is 8. The Morgan fingerprint density at radius 2 is 2.30 bits per heavy atom. The molecule has 0 bridgehead atoms. The maximum atomic E-state index is 6.32. The van der Waals surface area contributed by atoms with Crippen molar-refractivity contribution in [1.29, 1.82) is 0 Å². The molecule has 0 radical (unpaired) electrons. The van der Waals surface area contributed by atoms with Crippen LogP contribution in [0.3, 0.4) is 0 Å². The molecule has 1 saturated carbocycles. The smallest absolute Gasteiger partial charge is 0.0834 e. The minimum Gasteiger partial charge on any atom is -0.383 e. The van der Waals surface area contributed by atoms with Crippen molar-refractivity contribution >= 4 is 11.6 Å². The zero-order valence-electron chi connectivity index (χ0n) is 12.2. The number of aromatic nitrogens is 2. The lowest BCUT2D eigenvalue weighted by molar-refractivity contribution is -0.0283. The first-order valence-electron chi connectivity index (χ1n) is 7.23. The van der Waals surface area contributed by atoms with Gasteiger partial charge in [-0.05, 0) is 32.1 Å². The zero-order chi connectivity index (χ0) is 14.5. The van der Waals surface area contributed by atoms with Gasteiger partial charge in [0.1, 0.15) is 0 Å². The quantitative estimate of drug-likeness (QED) is 0.801. The summed E-state index contributed by atoms with van der Waals surface area (Å²) >= 11 is 6.21. The van der Waals surface area contributed by atoms with E-state index in [0.29, 0.717) is 30.2 Å². The lowest BCUT2D eigenvalue weighted by atomic mass is 9.78. The topological polar surface area (TPSA) is 62.3 Å². The Balaban J connectivity index is 1.89. The SMILES string of the molecule is CCOC1CC(CC(N)c2c(Cl)cnn2CCOC)C1. The van der Waals surface area contributed by atoms with Crippen LogP contribution >= 0.6 is 11.6 Å². The van der Waals surface area contributed by atoms with Gasteiger partial charge >= 0.3 is 0 Å². The highest BCUT2D eigenvalue weighted by Gasteiger charge is 2.32. The molecular formula is C14H24ClN3O2. The Bertz CT molecular complexity index is 419. The standard InChI is InChI=1S/C14H24ClN3O2/c1-3-20-11-6-10(7-11)8-13(16)14-12(15)9-17-18(14)4-5-19-2/h9-11,13H,3-8,16H2,1-2H3. The van der Waals surface area contributed by atoms with Crippen LogP contribution in [0.15, 0.2) is 6.20 Å². The van der Waals surface area contributed by atoms with Crippen molar-refractivity contribution in [2.75, 3.05) is 20.3 Å². The molecule has 0 spiro atoms. The van der Waals surface area contributed by atoms with Gasteiger partial charge in [-0.2, -0.15) is 5.10 Å². The Morgan fingerprint density at radius 3 is 2.95 bits per heavy atom. The summed E-state index contributed by atoms with van der Waals surface area (Å²) in [5, 5.41) is 4.92. The van der Waals surface area contributed by atoms with E-state index in [1.807, 2.05) is 11.6 Å². The number of methoxy groups -OCH3 is 1. The zero-order valence-corrected chi connectivity index (χ0v) is 13.0. The lowest BCUT2D eigenvalue weighted by Gasteiger charge is -2.36. The van der Waals surface area contributed by atoms with E-state index < -0.39 is 0 Å². The molecule has 1 fully saturated rings. The molecule has 1 aromatic rings. The number of halogens is 1. The van der Waals surface area contributed by atoms with E-state index in [4.69, 9.17) is 26.8 Å². The number of hydrogen-bond donors (Lipinski definition) is 1. The second kappa shape index (κ2) is 7.41. The van der Waals surface area contributed by atoms with Gasteiger partial charge in [0.15, 0.2) is 0 Å². The predicted molar refractivity (Wildman–Crippen MR) is 78.8 cm³/mol. The van der Waals surface area contributed by atoms with Crippen LogP contribution in [-0.2, 0) is 16.0 Å². The van der Waals surface area contributed by atoms with Crippen LogP contribution in [0.1, 0.15) is 37.9 Å². The highest BCUT2D eigenvalue weighted by molar-refractivity contribution is 6.31. The van der Waals surface area contributed by atoms with Gasteiger partial charge in [0.25, 0.3) is 0 Å². The van der Waals surface area contributed by atoms with Crippen molar-refractivity contribution in [1.82, 2.24) is 9.78 Å². The fraction of sp³-hybridized carbons (Fsp3) is 0.786. The van der Waals surface area contributed by atoms with Gasteiger partial charge in [-0.1, -0.05) is 11.6 Å². The van der Waals surface area contributed by atoms with Crippen LogP contribution in [0, 0.1) is 5.92 Å². The van der Waals surface area contributed by atoms with Crippen LogP contribution in [0.4, 0.5) is 0 Å². The molecule has 1 aromatic heterocycles. The van der Waals surface area contributed by atoms with Crippen molar-refractivity contribution in [2.45, 2.75) is 44.9 Å². The summed E-state index contributed by atoms with van der Waals surface area (Å²) < 4.78 is 12.5. The van der Waals surface area contributed by atoms with Gasteiger partial charge in [-0.3, -0.25) is 4.68 Å². The van der Waals surface area contributed by atoms with Gasteiger partial charge in [0.2, 0.25) is 0 Å². The molecule has 0 saturated heterocycles. The molecule has 114 valence electrons. The summed E-state index contributed by atoms with van der Waals surface area (Å²) in [4.78, 5) is 0. The van der Waals surface area contributed by atoms with E-state index in [9.17, 15) is 0 Å². The van der Waals surface area contributed by atoms with Gasteiger partial charge < -0.3 is 15.2 Å². The summed E-state index contributed by atoms with van der Waals surface area (Å²) in [5.41, 5.74) is 7.24. The highest BCUT2D eigenvalue weighted by Crippen LogP contribution is 2.37. The summed E-state index contributed by atoms with van der Waals surface area (Å²) in [7, 11) is 1.67. The van der Waals surface area contributed by atoms with Crippen LogP contribution < -0.4 is 5.73 Å². The van der Waals surface area contributed by atoms with Gasteiger partial charge in [-0.15, -0.1) is 0 Å². The minimum absolute atomic E-state index is 0.0746. The second-order valence-electron chi connectivity index (χ2n) is 5.35. The maximum absolute atomic E-state index is 6.32. The monoisotopic (exact) mass is 301 g/mol. The first kappa shape index (κ1) is 15.8. The molecule has 1 unspecified atom stereocenters. The number of hydrogen-bond acceptors (Lipinski definition) is 4. The van der Waals surface area contributed by atoms with E-state index in [1.54, 1.807) is 13.3 Å². The molecule has 1 aliphatic carbocycles. The Morgan fingerprint density at radius 1 is 1.55 bits per heavy atom. The maximum Gasteiger partial charge on any atom is 0.0834 e. The van der Waals surface area contributed by atoms with Crippen LogP contribution in [-0.4, -0.2) is 36.2 Å². The summed E-state index contributed by atoms with van der Waals surface area (Å²) in [5.74, 6) is 0.628. The highest BCUT2D eigenvalue weighted by atomic mass is 35.5. The number of ether oxygens (including phenoxy) is 2. The van der Waals surface area contributed by atoms with Crippen LogP contribution in [0.5, 0.6) is 0 Å². The Labute approximate surface area is 125 Å². The first-order valence-corrected chi connectivity index (χ1v) is 7.60. The predicted octanol–water partition coefficient (Wildman–Crippen LogP) is 2.39. The van der Waals surface area contributed by atoms with Crippen molar-refractivity contribution in [2.24, 2.45) is 11.7 Å². The molecule has 5 nitrogen and oxygen atoms in total. The molecule has 2 N–H and O–H groups in total. The van der Waals surface area contributed by atoms with Gasteiger partial charge in [-0.25, -0.2) is 0 Å². The molecular weight excluding hydrogens is 278 g/mol. The molecule has 6 heteroatoms. The molecule has 1 heterocycles. The summed E-state index contributed by atoms with van der Waals surface area (Å²) in [6, 6.07) is -0.0746. The molecule has 0 amide bonds. The van der Waals surface area contributed by atoms with Crippen molar-refractivity contribution in [3.8, 4) is 0 Å². The third-order valence-electron chi connectivity index (χ3n) is 3.87. The minimum atomic E-state index is -0.0746. The first-order chi connectivity index (χ1) is 9.65. The average Bonchev–Trinajstić information content (AvgIpc) is 2.75. The fourth-order valence-electron chi connectivity index (χ4n) is 2.81. The summed E-state index contributed by atoms with van der Waals surface area (Å²) in [6.07, 6.45) is 5.22. The lowest BCUT2D eigenvalue weighted by Crippen LogP contribution is -2.34. The van der Waals surface area contributed by atoms with Crippen molar-refractivity contribution in [3.63, 3.8) is 0 Å². The van der Waals surface area contributed by atoms with Crippen molar-refractivity contribution < 1.29 is 9.47 Å². The number of nitrogens with two attached hydrogens (primary N) is 1. The van der Waals surface area contributed by atoms with E-state index in [-0.39, 0.29) is 6.04 Å². The van der Waals surface area contributed by atoms with Crippen LogP contribution in [0.25, 0.3) is 0 Å². The van der Waals surface area contributed by atoms with Gasteiger partial charge in [0, 0.05) is 19.8 Å². The second-order valence-corrected chi connectivity index (χ2v) is 5.76. The fourth-order valence-corrected chi connectivity index (χ4v) is 3.09. The van der Waals surface area contributed by atoms with Crippen molar-refractivity contribution in [3.05, 3.63) is 16.9 Å². The third-order valence-corrected chi connectivity index (χ3v) is 4.16. The van der Waals surface area contributed by atoms with E-state index >= 15 is 0 Å². The van der Waals surface area contributed by atoms with Gasteiger partial charge in [0.05, 0.1) is 36.2 Å². The third kappa shape index (κ3) is 3.73. The normalized spacial score (nSPS) is 23.6.